The Hall–Kier alpha value is -6.50. The zero-order chi connectivity index (χ0) is 43.2. The molecule has 0 saturated carbocycles. The molecule has 1 N–H and O–H groups in total. The summed E-state index contributed by atoms with van der Waals surface area (Å²) in [7, 11) is 4.96. The summed E-state index contributed by atoms with van der Waals surface area (Å²) in [5.41, 5.74) is -0.196. The number of esters is 4. The van der Waals surface area contributed by atoms with Gasteiger partial charge in [0.05, 0.1) is 64.5 Å². The molecule has 0 spiro atoms. The number of Topliss-reactive ketones (excluding diaryl/α,β-unsaturated/α-hetero) is 1. The van der Waals surface area contributed by atoms with Gasteiger partial charge in [0.1, 0.15) is 17.2 Å². The fourth-order valence-corrected chi connectivity index (χ4v) is 5.71. The topological polar surface area (TPSA) is 283 Å². The highest BCUT2D eigenvalue weighted by atomic mass is 32.2. The van der Waals surface area contributed by atoms with E-state index in [2.05, 4.69) is 58.2 Å². The Morgan fingerprint density at radius 2 is 1.37 bits per heavy atom. The Bertz CT molecular complexity index is 2120. The molecule has 25 heteroatoms. The molecule has 1 amide bonds. The molecule has 0 bridgehead atoms. The van der Waals surface area contributed by atoms with E-state index in [-0.39, 0.29) is 43.5 Å². The van der Waals surface area contributed by atoms with Gasteiger partial charge < -0.3 is 29.1 Å². The normalized spacial score (nSPS) is 11.8. The van der Waals surface area contributed by atoms with Gasteiger partial charge in [0.15, 0.2) is 0 Å². The summed E-state index contributed by atoms with van der Waals surface area (Å²) in [5, 5.41) is 16.5. The standard InChI is InChI=1S/C17H21N5O6S.C10H9N5O3.C6H11NO3S.CH4/c1-11(23)7-12(16(25)28-3)10-29-14(8-15(24)27-2)22-17(26)21(19-20-22)13-5-4-6-18-9-13;1-18-9(16)4-6-14-10(17)15(13-12-14)8-3-2-5-11-7-8;1-4(8)7-5(3-11)6(9)10-2;/h4-6,9,12,14H,7-8,10H2,1-3H3;2-7H,1H3;5,11H,3H2,1-2H3,(H,7,8);1H4/b;6-4+;;/t12-,14?;;5-;/m0.0./s1. The van der Waals surface area contributed by atoms with Crippen molar-refractivity contribution >= 4 is 66.2 Å². The molecule has 4 aromatic heterocycles. The van der Waals surface area contributed by atoms with Crippen LogP contribution in [0.5, 0.6) is 0 Å². The van der Waals surface area contributed by atoms with Crippen molar-refractivity contribution in [2.24, 2.45) is 5.92 Å². The Kier molecular flexibility index (Phi) is 22.6. The summed E-state index contributed by atoms with van der Waals surface area (Å²) in [4.78, 5) is 99.8. The highest BCUT2D eigenvalue weighted by Gasteiger charge is 2.27. The van der Waals surface area contributed by atoms with Crippen molar-refractivity contribution in [3.05, 3.63) is 76.1 Å². The first-order chi connectivity index (χ1) is 27.7. The van der Waals surface area contributed by atoms with Gasteiger partial charge in [-0.25, -0.2) is 19.2 Å². The second kappa shape index (κ2) is 26.4. The molecule has 1 unspecified atom stereocenters. The molecule has 320 valence electrons. The summed E-state index contributed by atoms with van der Waals surface area (Å²) < 4.78 is 22.3. The van der Waals surface area contributed by atoms with Crippen LogP contribution in [0.15, 0.2) is 64.7 Å². The van der Waals surface area contributed by atoms with E-state index in [9.17, 15) is 38.4 Å². The zero-order valence-electron chi connectivity index (χ0n) is 32.1. The molecule has 0 aromatic carbocycles. The average Bonchev–Trinajstić information content (AvgIpc) is 3.81. The predicted molar refractivity (Wildman–Crippen MR) is 213 cm³/mol. The molecule has 0 radical (unpaired) electrons. The maximum Gasteiger partial charge on any atom is 0.372 e. The van der Waals surface area contributed by atoms with Gasteiger partial charge in [-0.15, -0.1) is 11.8 Å². The minimum Gasteiger partial charge on any atom is -0.469 e. The Balaban J connectivity index is 0.000000493. The third kappa shape index (κ3) is 16.5. The molecule has 0 aliphatic rings. The van der Waals surface area contributed by atoms with E-state index < -0.39 is 52.6 Å². The van der Waals surface area contributed by atoms with Crippen LogP contribution < -0.4 is 16.7 Å². The molecular formula is C34H45N11O12S2. The fraction of sp³-hybridized carbons (Fsp3) is 0.412. The highest BCUT2D eigenvalue weighted by molar-refractivity contribution is 7.99. The third-order valence-electron chi connectivity index (χ3n) is 6.99. The summed E-state index contributed by atoms with van der Waals surface area (Å²) in [5.74, 6) is -2.95. The number of ether oxygens (including phenoxy) is 4. The van der Waals surface area contributed by atoms with Gasteiger partial charge in [0, 0.05) is 49.5 Å². The predicted octanol–water partition coefficient (Wildman–Crippen LogP) is 0.0849. The van der Waals surface area contributed by atoms with E-state index in [4.69, 9.17) is 9.47 Å². The van der Waals surface area contributed by atoms with Crippen LogP contribution in [0.4, 0.5) is 0 Å². The van der Waals surface area contributed by atoms with Crippen molar-refractivity contribution in [3.8, 4) is 11.4 Å². The van der Waals surface area contributed by atoms with Gasteiger partial charge in [-0.2, -0.15) is 31.4 Å². The lowest BCUT2D eigenvalue weighted by Crippen LogP contribution is -2.41. The molecule has 3 atom stereocenters. The summed E-state index contributed by atoms with van der Waals surface area (Å²) >= 11 is 4.98. The number of amides is 1. The molecule has 0 fully saturated rings. The fourth-order valence-electron chi connectivity index (χ4n) is 4.23. The molecule has 0 aliphatic carbocycles. The molecular weight excluding hydrogens is 819 g/mol. The number of hydrogen-bond donors (Lipinski definition) is 2. The molecule has 0 saturated heterocycles. The van der Waals surface area contributed by atoms with E-state index in [1.54, 1.807) is 36.7 Å². The SMILES string of the molecule is C.COC(=O)/C=C/n1nnn(-c2cccnc2)c1=O.COC(=O)CC(SC[C@H](CC(C)=O)C(=O)OC)n1nnn(-c2cccnc2)c1=O.COC(=O)[C@H](CS)NC(C)=O. The number of rotatable bonds is 16. The first-order valence-electron chi connectivity index (χ1n) is 16.6. The third-order valence-corrected chi connectivity index (χ3v) is 8.70. The van der Waals surface area contributed by atoms with Gasteiger partial charge in [0.25, 0.3) is 0 Å². The molecule has 0 aliphatic heterocycles. The summed E-state index contributed by atoms with van der Waals surface area (Å²) in [6, 6.07) is 5.98. The lowest BCUT2D eigenvalue weighted by atomic mass is 10.1. The van der Waals surface area contributed by atoms with Gasteiger partial charge >= 0.3 is 35.3 Å². The number of aromatic nitrogens is 10. The number of thiol groups is 1. The minimum absolute atomic E-state index is 0. The van der Waals surface area contributed by atoms with E-state index in [0.29, 0.717) is 11.4 Å². The number of pyridine rings is 2. The molecule has 4 aromatic rings. The van der Waals surface area contributed by atoms with Crippen LogP contribution in [-0.2, 0) is 47.7 Å². The first kappa shape index (κ1) is 50.5. The second-order valence-electron chi connectivity index (χ2n) is 11.2. The second-order valence-corrected chi connectivity index (χ2v) is 12.7. The van der Waals surface area contributed by atoms with Gasteiger partial charge in [-0.3, -0.25) is 24.4 Å². The molecule has 4 heterocycles. The maximum atomic E-state index is 12.8. The largest absolute Gasteiger partial charge is 0.469 e. The van der Waals surface area contributed by atoms with Crippen molar-refractivity contribution in [2.75, 3.05) is 39.9 Å². The number of carbonyl (C=O) groups excluding carboxylic acids is 6. The number of hydrogen-bond acceptors (Lipinski definition) is 20. The number of carbonyl (C=O) groups is 6. The smallest absolute Gasteiger partial charge is 0.372 e. The van der Waals surface area contributed by atoms with Gasteiger partial charge in [-0.05, 0) is 52.0 Å². The lowest BCUT2D eigenvalue weighted by Gasteiger charge is -2.18. The number of ketones is 1. The Morgan fingerprint density at radius 3 is 1.85 bits per heavy atom. The Labute approximate surface area is 346 Å². The van der Waals surface area contributed by atoms with Crippen LogP contribution in [0.2, 0.25) is 0 Å². The lowest BCUT2D eigenvalue weighted by molar-refractivity contribution is -0.146. The van der Waals surface area contributed by atoms with Crippen molar-refractivity contribution in [1.29, 1.82) is 0 Å². The molecule has 4 rings (SSSR count). The monoisotopic (exact) mass is 863 g/mol. The van der Waals surface area contributed by atoms with Gasteiger partial charge in [-0.1, -0.05) is 7.43 Å². The van der Waals surface area contributed by atoms with Crippen LogP contribution >= 0.6 is 24.4 Å². The molecule has 23 nitrogen and oxygen atoms in total. The average molecular weight is 864 g/mol. The number of nitrogens with one attached hydrogen (secondary N) is 1. The number of thioether (sulfide) groups is 1. The first-order valence-corrected chi connectivity index (χ1v) is 18.3. The van der Waals surface area contributed by atoms with E-state index in [0.717, 1.165) is 36.6 Å². The van der Waals surface area contributed by atoms with Crippen LogP contribution in [0.1, 0.15) is 39.5 Å². The van der Waals surface area contributed by atoms with Crippen LogP contribution in [-0.4, -0.2) is 131 Å². The quantitative estimate of drug-likeness (QED) is 0.0653. The van der Waals surface area contributed by atoms with E-state index in [1.807, 2.05) is 0 Å². The summed E-state index contributed by atoms with van der Waals surface area (Å²) in [6.45, 7) is 2.70. The van der Waals surface area contributed by atoms with Crippen molar-refractivity contribution < 1.29 is 47.7 Å². The van der Waals surface area contributed by atoms with Crippen LogP contribution in [0.3, 0.4) is 0 Å². The number of nitrogens with zero attached hydrogens (tertiary/aromatic N) is 10. The molecule has 59 heavy (non-hydrogen) atoms. The van der Waals surface area contributed by atoms with Crippen molar-refractivity contribution in [2.45, 2.75) is 45.5 Å². The van der Waals surface area contributed by atoms with Crippen LogP contribution in [0, 0.1) is 5.92 Å². The minimum atomic E-state index is -0.792. The number of tetrazole rings is 2. The van der Waals surface area contributed by atoms with Crippen LogP contribution in [0.25, 0.3) is 17.6 Å². The number of methoxy groups -OCH3 is 4. The van der Waals surface area contributed by atoms with Gasteiger partial charge in [0.2, 0.25) is 5.91 Å². The van der Waals surface area contributed by atoms with E-state index in [1.165, 1.54) is 60.9 Å². The maximum absolute atomic E-state index is 12.8. The zero-order valence-corrected chi connectivity index (χ0v) is 33.8. The van der Waals surface area contributed by atoms with Crippen molar-refractivity contribution in [1.82, 2.24) is 54.9 Å². The van der Waals surface area contributed by atoms with E-state index >= 15 is 0 Å². The van der Waals surface area contributed by atoms with Crippen molar-refractivity contribution in [3.63, 3.8) is 0 Å². The highest BCUT2D eigenvalue weighted by Crippen LogP contribution is 2.28. The Morgan fingerprint density at radius 1 is 0.797 bits per heavy atom. The summed E-state index contributed by atoms with van der Waals surface area (Å²) in [6.07, 6.45) is 8.11.